The van der Waals surface area contributed by atoms with E-state index in [1.165, 1.54) is 0 Å². The minimum Gasteiger partial charge on any atom is -0.497 e. The number of carbonyl (C=O) groups is 3. The SMILES string of the molecule is COc1ccc(C(=O)NC(C(=O)N2CCC(C(=O)O)C2C)c2ccccc2)cc1. The van der Waals surface area contributed by atoms with E-state index in [1.54, 1.807) is 67.5 Å². The van der Waals surface area contributed by atoms with E-state index in [1.807, 2.05) is 6.07 Å². The highest BCUT2D eigenvalue weighted by molar-refractivity contribution is 5.98. The monoisotopic (exact) mass is 396 g/mol. The third kappa shape index (κ3) is 4.39. The fourth-order valence-electron chi connectivity index (χ4n) is 3.64. The van der Waals surface area contributed by atoms with Crippen molar-refractivity contribution in [3.8, 4) is 5.75 Å². The Bertz CT molecular complexity index is 882. The summed E-state index contributed by atoms with van der Waals surface area (Å²) in [4.78, 5) is 39.0. The van der Waals surface area contributed by atoms with Crippen LogP contribution < -0.4 is 10.1 Å². The number of rotatable bonds is 6. The molecule has 29 heavy (non-hydrogen) atoms. The van der Waals surface area contributed by atoms with Crippen LogP contribution in [0.4, 0.5) is 0 Å². The molecule has 0 aliphatic carbocycles. The predicted octanol–water partition coefficient (Wildman–Crippen LogP) is 2.49. The van der Waals surface area contributed by atoms with E-state index in [-0.39, 0.29) is 5.91 Å². The number of nitrogens with zero attached hydrogens (tertiary/aromatic N) is 1. The Kier molecular flexibility index (Phi) is 6.16. The molecule has 2 N–H and O–H groups in total. The highest BCUT2D eigenvalue weighted by Gasteiger charge is 2.40. The molecule has 1 heterocycles. The minimum absolute atomic E-state index is 0.311. The molecule has 3 rings (SSSR count). The molecule has 7 heteroatoms. The third-order valence-electron chi connectivity index (χ3n) is 5.36. The minimum atomic E-state index is -0.911. The zero-order chi connectivity index (χ0) is 21.0. The molecule has 1 saturated heterocycles. The zero-order valence-electron chi connectivity index (χ0n) is 16.4. The molecule has 3 atom stereocenters. The molecule has 0 aromatic heterocycles. The van der Waals surface area contributed by atoms with Crippen LogP contribution in [-0.2, 0) is 9.59 Å². The number of hydrogen-bond acceptors (Lipinski definition) is 4. The number of carbonyl (C=O) groups excluding carboxylic acids is 2. The molecule has 2 aromatic rings. The van der Waals surface area contributed by atoms with Crippen molar-refractivity contribution in [2.24, 2.45) is 5.92 Å². The van der Waals surface area contributed by atoms with Crippen LogP contribution in [0.2, 0.25) is 0 Å². The van der Waals surface area contributed by atoms with Crippen LogP contribution in [0, 0.1) is 5.92 Å². The predicted molar refractivity (Wildman–Crippen MR) is 107 cm³/mol. The summed E-state index contributed by atoms with van der Waals surface area (Å²) < 4.78 is 5.11. The van der Waals surface area contributed by atoms with Gasteiger partial charge in [-0.15, -0.1) is 0 Å². The highest BCUT2D eigenvalue weighted by Crippen LogP contribution is 2.28. The number of nitrogens with one attached hydrogen (secondary N) is 1. The molecule has 0 saturated carbocycles. The fourth-order valence-corrected chi connectivity index (χ4v) is 3.64. The Balaban J connectivity index is 1.84. The molecule has 1 fully saturated rings. The Morgan fingerprint density at radius 1 is 1.10 bits per heavy atom. The van der Waals surface area contributed by atoms with Gasteiger partial charge in [-0.25, -0.2) is 0 Å². The summed E-state index contributed by atoms with van der Waals surface area (Å²) in [5.74, 6) is -1.59. The number of carboxylic acids is 1. The first-order chi connectivity index (χ1) is 13.9. The number of benzene rings is 2. The Morgan fingerprint density at radius 2 is 1.76 bits per heavy atom. The second kappa shape index (κ2) is 8.77. The highest BCUT2D eigenvalue weighted by atomic mass is 16.5. The molecule has 3 unspecified atom stereocenters. The number of likely N-dealkylation sites (tertiary alicyclic amines) is 1. The van der Waals surface area contributed by atoms with Crippen molar-refractivity contribution in [3.05, 3.63) is 65.7 Å². The normalized spacial score (nSPS) is 19.4. The average molecular weight is 396 g/mol. The second-order valence-electron chi connectivity index (χ2n) is 7.05. The largest absolute Gasteiger partial charge is 0.497 e. The summed E-state index contributed by atoms with van der Waals surface area (Å²) in [6.07, 6.45) is 0.399. The molecular weight excluding hydrogens is 372 g/mol. The van der Waals surface area contributed by atoms with Gasteiger partial charge in [0.25, 0.3) is 5.91 Å². The van der Waals surface area contributed by atoms with Gasteiger partial charge in [0.1, 0.15) is 11.8 Å². The molecular formula is C22H24N2O5. The van der Waals surface area contributed by atoms with E-state index in [0.29, 0.717) is 29.8 Å². The van der Waals surface area contributed by atoms with Crippen LogP contribution in [-0.4, -0.2) is 47.5 Å². The fraction of sp³-hybridized carbons (Fsp3) is 0.318. The Morgan fingerprint density at radius 3 is 2.31 bits per heavy atom. The third-order valence-corrected chi connectivity index (χ3v) is 5.36. The number of methoxy groups -OCH3 is 1. The van der Waals surface area contributed by atoms with Crippen LogP contribution >= 0.6 is 0 Å². The summed E-state index contributed by atoms with van der Waals surface area (Å²) >= 11 is 0. The summed E-state index contributed by atoms with van der Waals surface area (Å²) in [6, 6.07) is 14.2. The van der Waals surface area contributed by atoms with Gasteiger partial charge in [-0.2, -0.15) is 0 Å². The first-order valence-electron chi connectivity index (χ1n) is 9.45. The molecule has 1 aliphatic heterocycles. The maximum Gasteiger partial charge on any atom is 0.308 e. The van der Waals surface area contributed by atoms with E-state index < -0.39 is 29.9 Å². The molecule has 0 spiro atoms. The van der Waals surface area contributed by atoms with Crippen LogP contribution in [0.3, 0.4) is 0 Å². The number of amides is 2. The maximum absolute atomic E-state index is 13.3. The van der Waals surface area contributed by atoms with Crippen molar-refractivity contribution in [1.29, 1.82) is 0 Å². The number of ether oxygens (including phenoxy) is 1. The Labute approximate surface area is 169 Å². The number of aliphatic carboxylic acids is 1. The first-order valence-corrected chi connectivity index (χ1v) is 9.45. The molecule has 7 nitrogen and oxygen atoms in total. The van der Waals surface area contributed by atoms with Crippen LogP contribution in [0.1, 0.15) is 35.3 Å². The summed E-state index contributed by atoms with van der Waals surface area (Å²) in [7, 11) is 1.54. The van der Waals surface area contributed by atoms with Crippen molar-refractivity contribution in [2.75, 3.05) is 13.7 Å². The van der Waals surface area contributed by atoms with Gasteiger partial charge in [-0.3, -0.25) is 14.4 Å². The van der Waals surface area contributed by atoms with Crippen LogP contribution in [0.5, 0.6) is 5.75 Å². The number of carboxylic acid groups (broad SMARTS) is 1. The van der Waals surface area contributed by atoms with Gasteiger partial charge in [0.2, 0.25) is 5.91 Å². The van der Waals surface area contributed by atoms with E-state index in [9.17, 15) is 19.5 Å². The van der Waals surface area contributed by atoms with E-state index in [2.05, 4.69) is 5.32 Å². The van der Waals surface area contributed by atoms with Crippen molar-refractivity contribution >= 4 is 17.8 Å². The molecule has 2 amide bonds. The smallest absolute Gasteiger partial charge is 0.308 e. The first kappa shape index (κ1) is 20.4. The van der Waals surface area contributed by atoms with Gasteiger partial charge < -0.3 is 20.1 Å². The van der Waals surface area contributed by atoms with Crippen molar-refractivity contribution in [1.82, 2.24) is 10.2 Å². The second-order valence-corrected chi connectivity index (χ2v) is 7.05. The van der Waals surface area contributed by atoms with E-state index in [4.69, 9.17) is 4.74 Å². The van der Waals surface area contributed by atoms with Crippen molar-refractivity contribution < 1.29 is 24.2 Å². The lowest BCUT2D eigenvalue weighted by Gasteiger charge is -2.28. The lowest BCUT2D eigenvalue weighted by atomic mass is 10.0. The lowest BCUT2D eigenvalue weighted by Crippen LogP contribution is -2.45. The molecule has 2 aromatic carbocycles. The number of hydrogen-bond donors (Lipinski definition) is 2. The van der Waals surface area contributed by atoms with Gasteiger partial charge in [-0.05, 0) is 43.2 Å². The van der Waals surface area contributed by atoms with Gasteiger partial charge in [0, 0.05) is 18.2 Å². The van der Waals surface area contributed by atoms with Crippen molar-refractivity contribution in [2.45, 2.75) is 25.4 Å². The van der Waals surface area contributed by atoms with Crippen LogP contribution in [0.25, 0.3) is 0 Å². The molecule has 152 valence electrons. The topological polar surface area (TPSA) is 95.9 Å². The Hall–Kier alpha value is -3.35. The van der Waals surface area contributed by atoms with Gasteiger partial charge in [0.15, 0.2) is 0 Å². The van der Waals surface area contributed by atoms with Crippen molar-refractivity contribution in [3.63, 3.8) is 0 Å². The maximum atomic E-state index is 13.3. The van der Waals surface area contributed by atoms with Gasteiger partial charge in [-0.1, -0.05) is 30.3 Å². The average Bonchev–Trinajstić information content (AvgIpc) is 3.13. The van der Waals surface area contributed by atoms with Gasteiger partial charge in [0.05, 0.1) is 13.0 Å². The summed E-state index contributed by atoms with van der Waals surface area (Å²) in [5.41, 5.74) is 1.04. The zero-order valence-corrected chi connectivity index (χ0v) is 16.4. The van der Waals surface area contributed by atoms with E-state index >= 15 is 0 Å². The molecule has 0 radical (unpaired) electrons. The van der Waals surface area contributed by atoms with Gasteiger partial charge >= 0.3 is 5.97 Å². The van der Waals surface area contributed by atoms with E-state index in [0.717, 1.165) is 0 Å². The molecule has 0 bridgehead atoms. The molecule has 1 aliphatic rings. The summed E-state index contributed by atoms with van der Waals surface area (Å²) in [5, 5.41) is 12.2. The van der Waals surface area contributed by atoms with Crippen LogP contribution in [0.15, 0.2) is 54.6 Å². The lowest BCUT2D eigenvalue weighted by molar-refractivity contribution is -0.143. The quantitative estimate of drug-likeness (QED) is 0.782. The standard InChI is InChI=1S/C22H24N2O5/c1-14-18(22(27)28)12-13-24(14)21(26)19(15-6-4-3-5-7-15)23-20(25)16-8-10-17(29-2)11-9-16/h3-11,14,18-19H,12-13H2,1-2H3,(H,23,25)(H,27,28). The summed E-state index contributed by atoms with van der Waals surface area (Å²) in [6.45, 7) is 2.08.